The Balaban J connectivity index is 1.94. The zero-order valence-electron chi connectivity index (χ0n) is 11.7. The molecule has 0 unspecified atom stereocenters. The van der Waals surface area contributed by atoms with Crippen LogP contribution in [0.3, 0.4) is 0 Å². The van der Waals surface area contributed by atoms with Crippen LogP contribution in [0.2, 0.25) is 0 Å². The van der Waals surface area contributed by atoms with Gasteiger partial charge in [-0.25, -0.2) is 5.01 Å². The summed E-state index contributed by atoms with van der Waals surface area (Å²) in [4.78, 5) is 12.1. The van der Waals surface area contributed by atoms with Crippen molar-refractivity contribution in [1.29, 1.82) is 0 Å². The lowest BCUT2D eigenvalue weighted by Crippen LogP contribution is -2.27. The van der Waals surface area contributed by atoms with Crippen molar-refractivity contribution in [3.05, 3.63) is 70.2 Å². The van der Waals surface area contributed by atoms with E-state index in [2.05, 4.69) is 21.0 Å². The summed E-state index contributed by atoms with van der Waals surface area (Å²) < 4.78 is 1.02. The maximum atomic E-state index is 12.1. The highest BCUT2D eigenvalue weighted by Gasteiger charge is 2.32. The Hall–Kier alpha value is -1.65. The van der Waals surface area contributed by atoms with Gasteiger partial charge in [0.2, 0.25) is 0 Å². The lowest BCUT2D eigenvalue weighted by Gasteiger charge is -2.21. The molecule has 0 fully saturated rings. The fourth-order valence-corrected chi connectivity index (χ4v) is 2.94. The van der Waals surface area contributed by atoms with Crippen LogP contribution < -0.4 is 0 Å². The zero-order valence-corrected chi connectivity index (χ0v) is 14.1. The largest absolute Gasteiger partial charge is 0.272 e. The summed E-state index contributed by atoms with van der Waals surface area (Å²) in [5, 5.41) is 6.03. The number of benzene rings is 2. The van der Waals surface area contributed by atoms with Gasteiger partial charge in [0.05, 0.1) is 11.8 Å². The second-order valence-corrected chi connectivity index (χ2v) is 6.24. The third-order valence-electron chi connectivity index (χ3n) is 3.64. The Morgan fingerprint density at radius 1 is 1.18 bits per heavy atom. The molecule has 2 aromatic carbocycles. The predicted molar refractivity (Wildman–Crippen MR) is 92.0 cm³/mol. The second kappa shape index (κ2) is 6.63. The van der Waals surface area contributed by atoms with E-state index < -0.39 is 0 Å². The minimum atomic E-state index is -0.178. The van der Waals surface area contributed by atoms with Crippen molar-refractivity contribution in [2.75, 3.05) is 5.88 Å². The number of carbonyl (C=O) groups excluding carboxylic acids is 1. The Morgan fingerprint density at radius 3 is 2.50 bits per heavy atom. The first kappa shape index (κ1) is 15.3. The molecule has 0 aromatic heterocycles. The Labute approximate surface area is 142 Å². The smallest absolute Gasteiger partial charge is 0.258 e. The summed E-state index contributed by atoms with van der Waals surface area (Å²) in [5.74, 6) is -0.247. The van der Waals surface area contributed by atoms with Gasteiger partial charge in [-0.1, -0.05) is 58.4 Å². The number of alkyl halides is 1. The van der Waals surface area contributed by atoms with Crippen LogP contribution in [-0.4, -0.2) is 22.5 Å². The molecular formula is C17H14BrClN2O. The standard InChI is InChI=1S/C17H14BrClN2O/c18-14-8-6-12(7-9-14)15-10-16(13-4-2-1-3-5-13)21(20-15)17(22)11-19/h1-9,16H,10-11H2/t16-/m0/s1. The maximum Gasteiger partial charge on any atom is 0.258 e. The van der Waals surface area contributed by atoms with Crippen molar-refractivity contribution in [2.45, 2.75) is 12.5 Å². The van der Waals surface area contributed by atoms with Gasteiger partial charge in [0.1, 0.15) is 5.88 Å². The van der Waals surface area contributed by atoms with Gasteiger partial charge in [0, 0.05) is 10.9 Å². The number of hydrogen-bond acceptors (Lipinski definition) is 2. The molecule has 22 heavy (non-hydrogen) atoms. The summed E-state index contributed by atoms with van der Waals surface area (Å²) in [7, 11) is 0. The van der Waals surface area contributed by atoms with E-state index in [0.29, 0.717) is 6.42 Å². The van der Waals surface area contributed by atoms with Gasteiger partial charge in [-0.15, -0.1) is 11.6 Å². The Morgan fingerprint density at radius 2 is 1.86 bits per heavy atom. The first-order chi connectivity index (χ1) is 10.7. The van der Waals surface area contributed by atoms with Gasteiger partial charge in [-0.05, 0) is 23.3 Å². The minimum Gasteiger partial charge on any atom is -0.272 e. The van der Waals surface area contributed by atoms with Crippen LogP contribution in [0.1, 0.15) is 23.6 Å². The molecule has 0 aliphatic carbocycles. The van der Waals surface area contributed by atoms with Crippen molar-refractivity contribution < 1.29 is 4.79 Å². The number of hydrazone groups is 1. The van der Waals surface area contributed by atoms with E-state index in [1.165, 1.54) is 5.01 Å². The number of nitrogens with zero attached hydrogens (tertiary/aromatic N) is 2. The van der Waals surface area contributed by atoms with E-state index in [1.54, 1.807) is 0 Å². The highest BCUT2D eigenvalue weighted by molar-refractivity contribution is 9.10. The zero-order chi connectivity index (χ0) is 15.5. The normalized spacial score (nSPS) is 17.5. The molecule has 0 saturated heterocycles. The van der Waals surface area contributed by atoms with Gasteiger partial charge in [-0.2, -0.15) is 5.10 Å². The van der Waals surface area contributed by atoms with Gasteiger partial charge in [0.15, 0.2) is 0 Å². The van der Waals surface area contributed by atoms with Crippen molar-refractivity contribution in [1.82, 2.24) is 5.01 Å². The summed E-state index contributed by atoms with van der Waals surface area (Å²) in [6, 6.07) is 17.8. The number of amides is 1. The summed E-state index contributed by atoms with van der Waals surface area (Å²) >= 11 is 9.16. The molecule has 0 N–H and O–H groups in total. The summed E-state index contributed by atoms with van der Waals surface area (Å²) in [6.07, 6.45) is 0.689. The van der Waals surface area contributed by atoms with E-state index in [4.69, 9.17) is 11.6 Å². The average molecular weight is 378 g/mol. The van der Waals surface area contributed by atoms with Crippen molar-refractivity contribution in [3.8, 4) is 0 Å². The van der Waals surface area contributed by atoms with E-state index in [-0.39, 0.29) is 17.8 Å². The number of halogens is 2. The third-order valence-corrected chi connectivity index (χ3v) is 4.40. The SMILES string of the molecule is O=C(CCl)N1N=C(c2ccc(Br)cc2)C[C@H]1c1ccccc1. The van der Waals surface area contributed by atoms with Crippen molar-refractivity contribution >= 4 is 39.1 Å². The average Bonchev–Trinajstić information content (AvgIpc) is 3.01. The van der Waals surface area contributed by atoms with Gasteiger partial charge in [-0.3, -0.25) is 4.79 Å². The molecule has 1 aliphatic rings. The third kappa shape index (κ3) is 3.08. The minimum absolute atomic E-state index is 0.0690. The van der Waals surface area contributed by atoms with Crippen LogP contribution >= 0.6 is 27.5 Å². The summed E-state index contributed by atoms with van der Waals surface area (Å²) in [6.45, 7) is 0. The molecule has 3 rings (SSSR count). The second-order valence-electron chi connectivity index (χ2n) is 5.06. The molecule has 1 aliphatic heterocycles. The number of hydrogen-bond donors (Lipinski definition) is 0. The molecule has 1 amide bonds. The van der Waals surface area contributed by atoms with E-state index >= 15 is 0 Å². The van der Waals surface area contributed by atoms with E-state index in [1.807, 2.05) is 54.6 Å². The molecule has 3 nitrogen and oxygen atoms in total. The topological polar surface area (TPSA) is 32.7 Å². The van der Waals surface area contributed by atoms with Crippen LogP contribution in [0.5, 0.6) is 0 Å². The monoisotopic (exact) mass is 376 g/mol. The fourth-order valence-electron chi connectivity index (χ4n) is 2.55. The molecule has 0 bridgehead atoms. The summed E-state index contributed by atoms with van der Waals surface area (Å²) in [5.41, 5.74) is 2.99. The van der Waals surface area contributed by atoms with Crippen LogP contribution in [0, 0.1) is 0 Å². The predicted octanol–water partition coefficient (Wildman–Crippen LogP) is 4.37. The van der Waals surface area contributed by atoms with Crippen molar-refractivity contribution in [3.63, 3.8) is 0 Å². The number of carbonyl (C=O) groups is 1. The van der Waals surface area contributed by atoms with Crippen LogP contribution in [-0.2, 0) is 4.79 Å². The fraction of sp³-hybridized carbons (Fsp3) is 0.176. The Kier molecular flexibility index (Phi) is 4.60. The Bertz CT molecular complexity index is 700. The molecule has 0 spiro atoms. The first-order valence-electron chi connectivity index (χ1n) is 6.95. The quantitative estimate of drug-likeness (QED) is 0.731. The number of rotatable bonds is 3. The van der Waals surface area contributed by atoms with Crippen LogP contribution in [0.25, 0.3) is 0 Å². The van der Waals surface area contributed by atoms with Crippen LogP contribution in [0.4, 0.5) is 0 Å². The highest BCUT2D eigenvalue weighted by atomic mass is 79.9. The first-order valence-corrected chi connectivity index (χ1v) is 8.28. The van der Waals surface area contributed by atoms with Gasteiger partial charge in [0.25, 0.3) is 5.91 Å². The van der Waals surface area contributed by atoms with Crippen LogP contribution in [0.15, 0.2) is 64.2 Å². The molecule has 112 valence electrons. The highest BCUT2D eigenvalue weighted by Crippen LogP contribution is 2.33. The van der Waals surface area contributed by atoms with E-state index in [9.17, 15) is 4.79 Å². The molecular weight excluding hydrogens is 364 g/mol. The van der Waals surface area contributed by atoms with Gasteiger partial charge >= 0.3 is 0 Å². The molecule has 0 radical (unpaired) electrons. The molecule has 2 aromatic rings. The van der Waals surface area contributed by atoms with E-state index in [0.717, 1.165) is 21.3 Å². The van der Waals surface area contributed by atoms with Crippen molar-refractivity contribution in [2.24, 2.45) is 5.10 Å². The lowest BCUT2D eigenvalue weighted by atomic mass is 9.98. The molecule has 5 heteroatoms. The molecule has 0 saturated carbocycles. The van der Waals surface area contributed by atoms with Gasteiger partial charge < -0.3 is 0 Å². The lowest BCUT2D eigenvalue weighted by molar-refractivity contribution is -0.130. The maximum absolute atomic E-state index is 12.1. The molecule has 1 heterocycles. The molecule has 1 atom stereocenters.